The van der Waals surface area contributed by atoms with Crippen molar-refractivity contribution in [2.75, 3.05) is 6.61 Å². The van der Waals surface area contributed by atoms with E-state index in [0.717, 1.165) is 12.7 Å². The number of aromatic hydroxyl groups is 1. The molecule has 0 radical (unpaired) electrons. The smallest absolute Gasteiger partial charge is 0.407 e. The zero-order valence-corrected chi connectivity index (χ0v) is 15.5. The predicted octanol–water partition coefficient (Wildman–Crippen LogP) is 3.83. The van der Waals surface area contributed by atoms with Crippen molar-refractivity contribution < 1.29 is 14.6 Å². The van der Waals surface area contributed by atoms with Gasteiger partial charge in [0.2, 0.25) is 0 Å². The van der Waals surface area contributed by atoms with Crippen molar-refractivity contribution in [2.45, 2.75) is 19.9 Å². The molecule has 1 aromatic rings. The van der Waals surface area contributed by atoms with Gasteiger partial charge in [-0.05, 0) is 62.9 Å². The minimum Gasteiger partial charge on any atom is -0.506 e. The van der Waals surface area contributed by atoms with Crippen LogP contribution in [0.15, 0.2) is 12.1 Å². The standard InChI is InChI=1S/C12H13I2NO3.ClH/c1-12(2)5-18-11(17)15-10(12)6-3-7(13)9(16)8(14)4-6;/h3-4,10,16H,5H2,1-2H3,(H,15,17);1H/t10-;/m0./s1. The van der Waals surface area contributed by atoms with Gasteiger partial charge in [-0.3, -0.25) is 0 Å². The van der Waals surface area contributed by atoms with Crippen LogP contribution in [0.1, 0.15) is 25.5 Å². The molecule has 1 aliphatic heterocycles. The summed E-state index contributed by atoms with van der Waals surface area (Å²) in [7, 11) is 0. The summed E-state index contributed by atoms with van der Waals surface area (Å²) in [4.78, 5) is 11.4. The van der Waals surface area contributed by atoms with Crippen LogP contribution in [0.25, 0.3) is 0 Å². The topological polar surface area (TPSA) is 58.6 Å². The number of phenols is 1. The summed E-state index contributed by atoms with van der Waals surface area (Å²) in [6, 6.07) is 3.69. The maximum absolute atomic E-state index is 11.4. The van der Waals surface area contributed by atoms with Crippen LogP contribution in [0.3, 0.4) is 0 Å². The Balaban J connectivity index is 0.00000180. The van der Waals surface area contributed by atoms with E-state index in [1.165, 1.54) is 0 Å². The fourth-order valence-electron chi connectivity index (χ4n) is 1.98. The number of carbonyl (C=O) groups is 1. The van der Waals surface area contributed by atoms with E-state index in [-0.39, 0.29) is 29.6 Å². The number of halogens is 3. The van der Waals surface area contributed by atoms with Crippen molar-refractivity contribution in [3.63, 3.8) is 0 Å². The molecule has 1 aromatic carbocycles. The van der Waals surface area contributed by atoms with E-state index in [4.69, 9.17) is 4.74 Å². The first-order chi connectivity index (χ1) is 8.31. The van der Waals surface area contributed by atoms with Crippen LogP contribution < -0.4 is 5.32 Å². The number of cyclic esters (lactones) is 1. The molecule has 19 heavy (non-hydrogen) atoms. The van der Waals surface area contributed by atoms with Gasteiger partial charge < -0.3 is 15.2 Å². The molecule has 0 saturated carbocycles. The van der Waals surface area contributed by atoms with E-state index in [9.17, 15) is 9.90 Å². The zero-order chi connectivity index (χ0) is 13.5. The highest BCUT2D eigenvalue weighted by molar-refractivity contribution is 14.1. The van der Waals surface area contributed by atoms with E-state index >= 15 is 0 Å². The van der Waals surface area contributed by atoms with E-state index in [1.807, 2.05) is 26.0 Å². The van der Waals surface area contributed by atoms with E-state index in [0.29, 0.717) is 6.61 Å². The summed E-state index contributed by atoms with van der Waals surface area (Å²) in [5, 5.41) is 12.6. The maximum atomic E-state index is 11.4. The SMILES string of the molecule is CC1(C)COC(=O)N[C@H]1c1cc(I)c(O)c(I)c1.Cl. The Morgan fingerprint density at radius 1 is 1.37 bits per heavy atom. The van der Waals surface area contributed by atoms with Gasteiger partial charge in [0.05, 0.1) is 13.2 Å². The molecule has 1 atom stereocenters. The van der Waals surface area contributed by atoms with Gasteiger partial charge in [-0.25, -0.2) is 4.79 Å². The summed E-state index contributed by atoms with van der Waals surface area (Å²) in [6.45, 7) is 4.48. The Morgan fingerprint density at radius 2 is 1.89 bits per heavy atom. The van der Waals surface area contributed by atoms with Crippen LogP contribution in [-0.2, 0) is 4.74 Å². The number of rotatable bonds is 1. The fraction of sp³-hybridized carbons (Fsp3) is 0.417. The number of benzene rings is 1. The third-order valence-electron chi connectivity index (χ3n) is 2.99. The molecule has 1 aliphatic rings. The van der Waals surface area contributed by atoms with Crippen molar-refractivity contribution in [3.05, 3.63) is 24.8 Å². The van der Waals surface area contributed by atoms with Crippen LogP contribution >= 0.6 is 57.6 Å². The second-order valence-electron chi connectivity index (χ2n) is 4.98. The third-order valence-corrected chi connectivity index (χ3v) is 4.64. The molecule has 106 valence electrons. The summed E-state index contributed by atoms with van der Waals surface area (Å²) in [6.07, 6.45) is -0.391. The van der Waals surface area contributed by atoms with Gasteiger partial charge in [0, 0.05) is 5.41 Å². The molecule has 1 amide bonds. The van der Waals surface area contributed by atoms with Gasteiger partial charge in [0.1, 0.15) is 12.4 Å². The van der Waals surface area contributed by atoms with Gasteiger partial charge in [-0.2, -0.15) is 0 Å². The molecule has 0 spiro atoms. The van der Waals surface area contributed by atoms with Crippen LogP contribution in [0.5, 0.6) is 5.75 Å². The van der Waals surface area contributed by atoms with Gasteiger partial charge in [0.15, 0.2) is 0 Å². The van der Waals surface area contributed by atoms with Crippen molar-refractivity contribution in [1.29, 1.82) is 0 Å². The van der Waals surface area contributed by atoms with Crippen molar-refractivity contribution in [3.8, 4) is 5.75 Å². The number of hydrogen-bond donors (Lipinski definition) is 2. The van der Waals surface area contributed by atoms with Crippen molar-refractivity contribution >= 4 is 63.7 Å². The number of alkyl carbamates (subject to hydrolysis) is 1. The number of phenolic OH excluding ortho intramolecular Hbond substituents is 1. The van der Waals surface area contributed by atoms with E-state index in [1.54, 1.807) is 0 Å². The third kappa shape index (κ3) is 3.57. The molecule has 0 aromatic heterocycles. The van der Waals surface area contributed by atoms with Crippen molar-refractivity contribution in [2.24, 2.45) is 5.41 Å². The Labute approximate surface area is 145 Å². The first-order valence-corrected chi connectivity index (χ1v) is 7.58. The molecule has 0 bridgehead atoms. The molecular weight excluding hydrogens is 495 g/mol. The number of carbonyl (C=O) groups excluding carboxylic acids is 1. The number of hydrogen-bond acceptors (Lipinski definition) is 3. The number of ether oxygens (including phenoxy) is 1. The predicted molar refractivity (Wildman–Crippen MR) is 91.8 cm³/mol. The molecule has 1 fully saturated rings. The van der Waals surface area contributed by atoms with Gasteiger partial charge in [-0.15, -0.1) is 12.4 Å². The highest BCUT2D eigenvalue weighted by Gasteiger charge is 2.38. The lowest BCUT2D eigenvalue weighted by Crippen LogP contribution is -2.46. The highest BCUT2D eigenvalue weighted by atomic mass is 127. The summed E-state index contributed by atoms with van der Waals surface area (Å²) < 4.78 is 6.59. The molecule has 4 nitrogen and oxygen atoms in total. The lowest BCUT2D eigenvalue weighted by atomic mass is 9.80. The first kappa shape index (κ1) is 17.1. The fourth-order valence-corrected chi connectivity index (χ4v) is 3.79. The largest absolute Gasteiger partial charge is 0.506 e. The number of nitrogens with one attached hydrogen (secondary N) is 1. The highest BCUT2D eigenvalue weighted by Crippen LogP contribution is 2.39. The summed E-state index contributed by atoms with van der Waals surface area (Å²) in [5.74, 6) is 0.288. The van der Waals surface area contributed by atoms with Crippen LogP contribution in [0.2, 0.25) is 0 Å². The Hall–Kier alpha value is 0.0400. The Morgan fingerprint density at radius 3 is 2.42 bits per heavy atom. The van der Waals surface area contributed by atoms with Gasteiger partial charge in [0.25, 0.3) is 0 Å². The Bertz CT molecular complexity index is 485. The molecule has 7 heteroatoms. The van der Waals surface area contributed by atoms with E-state index in [2.05, 4.69) is 50.5 Å². The maximum Gasteiger partial charge on any atom is 0.407 e. The van der Waals surface area contributed by atoms with Crippen LogP contribution in [0.4, 0.5) is 4.79 Å². The first-order valence-electron chi connectivity index (χ1n) is 5.42. The molecule has 0 aliphatic carbocycles. The minimum absolute atomic E-state index is 0. The van der Waals surface area contributed by atoms with Crippen LogP contribution in [0, 0.1) is 12.6 Å². The minimum atomic E-state index is -0.391. The number of amides is 1. The molecular formula is C12H14ClI2NO3. The quantitative estimate of drug-likeness (QED) is 0.566. The van der Waals surface area contributed by atoms with Crippen LogP contribution in [-0.4, -0.2) is 17.8 Å². The summed E-state index contributed by atoms with van der Waals surface area (Å²) in [5.41, 5.74) is 0.806. The molecule has 1 heterocycles. The van der Waals surface area contributed by atoms with Gasteiger partial charge in [-0.1, -0.05) is 13.8 Å². The normalized spacial score (nSPS) is 21.1. The molecule has 2 rings (SSSR count). The molecule has 1 saturated heterocycles. The van der Waals surface area contributed by atoms with Gasteiger partial charge >= 0.3 is 6.09 Å². The monoisotopic (exact) mass is 509 g/mol. The molecule has 2 N–H and O–H groups in total. The van der Waals surface area contributed by atoms with Crippen molar-refractivity contribution in [1.82, 2.24) is 5.32 Å². The second kappa shape index (κ2) is 6.21. The average Bonchev–Trinajstić information content (AvgIpc) is 2.28. The second-order valence-corrected chi connectivity index (χ2v) is 7.30. The Kier molecular flexibility index (Phi) is 5.59. The van der Waals surface area contributed by atoms with E-state index < -0.39 is 6.09 Å². The zero-order valence-electron chi connectivity index (χ0n) is 10.4. The lowest BCUT2D eigenvalue weighted by Gasteiger charge is -2.38. The molecule has 0 unspecified atom stereocenters. The summed E-state index contributed by atoms with van der Waals surface area (Å²) >= 11 is 4.18. The lowest BCUT2D eigenvalue weighted by molar-refractivity contribution is 0.0387. The average molecular weight is 510 g/mol.